The second kappa shape index (κ2) is 6.50. The van der Waals surface area contributed by atoms with E-state index in [9.17, 15) is 13.2 Å². The Bertz CT molecular complexity index is 495. The highest BCUT2D eigenvalue weighted by molar-refractivity contribution is 7.90. The molecule has 0 bridgehead atoms. The fourth-order valence-electron chi connectivity index (χ4n) is 1.40. The summed E-state index contributed by atoms with van der Waals surface area (Å²) in [6, 6.07) is 0. The molecule has 0 saturated heterocycles. The molecule has 8 heteroatoms. The number of esters is 1. The summed E-state index contributed by atoms with van der Waals surface area (Å²) in [5.41, 5.74) is 2.04. The first-order chi connectivity index (χ1) is 8.44. The zero-order valence-electron chi connectivity index (χ0n) is 10.4. The van der Waals surface area contributed by atoms with E-state index in [4.69, 9.17) is 0 Å². The van der Waals surface area contributed by atoms with Crippen molar-refractivity contribution in [3.63, 3.8) is 0 Å². The van der Waals surface area contributed by atoms with E-state index < -0.39 is 21.7 Å². The third kappa shape index (κ3) is 4.84. The Morgan fingerprint density at radius 2 is 2.28 bits per heavy atom. The molecule has 1 rings (SSSR count). The molecule has 102 valence electrons. The van der Waals surface area contributed by atoms with Crippen molar-refractivity contribution in [3.8, 4) is 0 Å². The summed E-state index contributed by atoms with van der Waals surface area (Å²) in [6.07, 6.45) is 3.09. The van der Waals surface area contributed by atoms with Crippen LogP contribution in [-0.2, 0) is 26.0 Å². The fraction of sp³-hybridized carbons (Fsp3) is 0.600. The zero-order valence-corrected chi connectivity index (χ0v) is 11.2. The normalized spacial score (nSPS) is 11.4. The number of hydrogen-bond acceptors (Lipinski definition) is 5. The Hall–Kier alpha value is -1.41. The molecule has 0 aliphatic carbocycles. The summed E-state index contributed by atoms with van der Waals surface area (Å²) in [4.78, 5) is 10.8. The minimum absolute atomic E-state index is 0.282. The van der Waals surface area contributed by atoms with Crippen LogP contribution in [0, 0.1) is 6.92 Å². The van der Waals surface area contributed by atoms with Crippen molar-refractivity contribution in [2.24, 2.45) is 0 Å². The molecule has 2 N–H and O–H groups in total. The van der Waals surface area contributed by atoms with Gasteiger partial charge >= 0.3 is 5.97 Å². The van der Waals surface area contributed by atoms with E-state index in [0.29, 0.717) is 6.42 Å². The molecule has 0 spiro atoms. The van der Waals surface area contributed by atoms with Crippen molar-refractivity contribution >= 4 is 16.0 Å². The highest BCUT2D eigenvalue weighted by Crippen LogP contribution is 2.05. The van der Waals surface area contributed by atoms with E-state index in [1.54, 1.807) is 6.20 Å². The van der Waals surface area contributed by atoms with Gasteiger partial charge in [0.1, 0.15) is 0 Å². The molecular formula is C10H17N3O4S. The van der Waals surface area contributed by atoms with E-state index >= 15 is 0 Å². The van der Waals surface area contributed by atoms with Crippen LogP contribution in [0.4, 0.5) is 0 Å². The maximum Gasteiger partial charge on any atom is 0.322 e. The number of sulfonamides is 1. The molecule has 0 fully saturated rings. The van der Waals surface area contributed by atoms with Crippen LogP contribution in [-0.4, -0.2) is 44.0 Å². The largest absolute Gasteiger partial charge is 0.468 e. The highest BCUT2D eigenvalue weighted by Gasteiger charge is 2.15. The lowest BCUT2D eigenvalue weighted by molar-refractivity contribution is -0.137. The number of methoxy groups -OCH3 is 1. The quantitative estimate of drug-likeness (QED) is 0.527. The number of carbonyl (C=O) groups excluding carboxylic acids is 1. The predicted octanol–water partition coefficient (Wildman–Crippen LogP) is -0.257. The van der Waals surface area contributed by atoms with Crippen molar-refractivity contribution in [2.75, 3.05) is 19.4 Å². The van der Waals surface area contributed by atoms with Crippen LogP contribution in [0.5, 0.6) is 0 Å². The van der Waals surface area contributed by atoms with E-state index in [1.165, 1.54) is 0 Å². The van der Waals surface area contributed by atoms with Crippen molar-refractivity contribution in [3.05, 3.63) is 17.5 Å². The summed E-state index contributed by atoms with van der Waals surface area (Å²) in [5.74, 6) is -1.41. The summed E-state index contributed by atoms with van der Waals surface area (Å²) in [5, 5.41) is 6.68. The number of aromatic nitrogens is 2. The lowest BCUT2D eigenvalue weighted by Gasteiger charge is -2.05. The van der Waals surface area contributed by atoms with E-state index in [0.717, 1.165) is 24.8 Å². The van der Waals surface area contributed by atoms with Crippen LogP contribution in [0.25, 0.3) is 0 Å². The molecule has 1 aromatic rings. The fourth-order valence-corrected chi connectivity index (χ4v) is 2.38. The smallest absolute Gasteiger partial charge is 0.322 e. The van der Waals surface area contributed by atoms with Gasteiger partial charge in [-0.15, -0.1) is 0 Å². The topological polar surface area (TPSA) is 101 Å². The number of nitrogens with one attached hydrogen (secondary N) is 2. The van der Waals surface area contributed by atoms with Gasteiger partial charge in [-0.2, -0.15) is 5.10 Å². The number of aryl methyl sites for hydroxylation is 2. The summed E-state index contributed by atoms with van der Waals surface area (Å²) >= 11 is 0. The first-order valence-electron chi connectivity index (χ1n) is 5.47. The number of nitrogens with zero attached hydrogens (tertiary/aromatic N) is 1. The Morgan fingerprint density at radius 1 is 1.56 bits per heavy atom. The van der Waals surface area contributed by atoms with Gasteiger partial charge in [-0.3, -0.25) is 9.89 Å². The molecule has 7 nitrogen and oxygen atoms in total. The predicted molar refractivity (Wildman–Crippen MR) is 65.5 cm³/mol. The average molecular weight is 275 g/mol. The summed E-state index contributed by atoms with van der Waals surface area (Å²) < 4.78 is 29.4. The Kier molecular flexibility index (Phi) is 5.29. The van der Waals surface area contributed by atoms with Gasteiger partial charge < -0.3 is 4.74 Å². The van der Waals surface area contributed by atoms with Gasteiger partial charge in [0.2, 0.25) is 10.0 Å². The summed E-state index contributed by atoms with van der Waals surface area (Å²) in [6.45, 7) is 2.19. The van der Waals surface area contributed by atoms with Crippen LogP contribution < -0.4 is 4.72 Å². The first kappa shape index (κ1) is 14.7. The van der Waals surface area contributed by atoms with Gasteiger partial charge in [0, 0.05) is 12.2 Å². The number of H-pyrrole nitrogens is 1. The zero-order chi connectivity index (χ0) is 13.6. The lowest BCUT2D eigenvalue weighted by atomic mass is 10.1. The van der Waals surface area contributed by atoms with Gasteiger partial charge in [-0.1, -0.05) is 0 Å². The number of rotatable bonds is 7. The van der Waals surface area contributed by atoms with Crippen molar-refractivity contribution in [1.82, 2.24) is 14.9 Å². The van der Waals surface area contributed by atoms with Crippen LogP contribution >= 0.6 is 0 Å². The standard InChI is InChI=1S/C10H17N3O4S/c1-8-9(6-11-13-8)4-3-5-12-18(15,16)7-10(14)17-2/h6,12H,3-5,7H2,1-2H3,(H,11,13). The molecule has 0 aliphatic rings. The molecule has 0 unspecified atom stereocenters. The second-order valence-electron chi connectivity index (χ2n) is 3.85. The van der Waals surface area contributed by atoms with E-state index in [2.05, 4.69) is 19.7 Å². The average Bonchev–Trinajstić information content (AvgIpc) is 2.70. The van der Waals surface area contributed by atoms with E-state index in [-0.39, 0.29) is 6.54 Å². The molecule has 0 radical (unpaired) electrons. The van der Waals surface area contributed by atoms with Crippen molar-refractivity contribution in [1.29, 1.82) is 0 Å². The number of hydrogen-bond donors (Lipinski definition) is 2. The first-order valence-corrected chi connectivity index (χ1v) is 7.13. The molecule has 0 aromatic carbocycles. The molecule has 1 heterocycles. The van der Waals surface area contributed by atoms with Gasteiger partial charge in [-0.05, 0) is 25.3 Å². The summed E-state index contributed by atoms with van der Waals surface area (Å²) in [7, 11) is -2.44. The Morgan fingerprint density at radius 3 is 2.83 bits per heavy atom. The SMILES string of the molecule is COC(=O)CS(=O)(=O)NCCCc1cn[nH]c1C. The second-order valence-corrected chi connectivity index (χ2v) is 5.66. The number of carbonyl (C=O) groups is 1. The minimum Gasteiger partial charge on any atom is -0.468 e. The van der Waals surface area contributed by atoms with Crippen LogP contribution in [0.1, 0.15) is 17.7 Å². The van der Waals surface area contributed by atoms with E-state index in [1.807, 2.05) is 6.92 Å². The van der Waals surface area contributed by atoms with Crippen LogP contribution in [0.2, 0.25) is 0 Å². The van der Waals surface area contributed by atoms with Crippen LogP contribution in [0.15, 0.2) is 6.20 Å². The van der Waals surface area contributed by atoms with Crippen molar-refractivity contribution < 1.29 is 17.9 Å². The van der Waals surface area contributed by atoms with Gasteiger partial charge in [-0.25, -0.2) is 13.1 Å². The minimum atomic E-state index is -3.59. The van der Waals surface area contributed by atoms with Crippen LogP contribution in [0.3, 0.4) is 0 Å². The maximum absolute atomic E-state index is 11.4. The molecule has 1 aromatic heterocycles. The van der Waals surface area contributed by atoms with Gasteiger partial charge in [0.25, 0.3) is 0 Å². The third-order valence-electron chi connectivity index (χ3n) is 2.41. The Balaban J connectivity index is 2.29. The highest BCUT2D eigenvalue weighted by atomic mass is 32.2. The molecule has 0 aliphatic heterocycles. The molecule has 0 amide bonds. The van der Waals surface area contributed by atoms with Crippen molar-refractivity contribution in [2.45, 2.75) is 19.8 Å². The lowest BCUT2D eigenvalue weighted by Crippen LogP contribution is -2.31. The number of aromatic amines is 1. The monoisotopic (exact) mass is 275 g/mol. The third-order valence-corrected chi connectivity index (χ3v) is 3.67. The van der Waals surface area contributed by atoms with Gasteiger partial charge in [0.15, 0.2) is 5.75 Å². The number of ether oxygens (including phenoxy) is 1. The molecule has 0 atom stereocenters. The molecule has 18 heavy (non-hydrogen) atoms. The Labute approximate surface area is 106 Å². The maximum atomic E-state index is 11.4. The molecule has 0 saturated carbocycles. The molecular weight excluding hydrogens is 258 g/mol. The van der Waals surface area contributed by atoms with Gasteiger partial charge in [0.05, 0.1) is 13.3 Å².